The summed E-state index contributed by atoms with van der Waals surface area (Å²) in [5.41, 5.74) is 1.36. The summed E-state index contributed by atoms with van der Waals surface area (Å²) >= 11 is 9.71. The van der Waals surface area contributed by atoms with E-state index in [9.17, 15) is 0 Å². The normalized spacial score (nSPS) is 29.2. The standard InChI is InChI=1S/C14H18BrClO/c15-8-9-17-14-7-6-12(16)10-13(14)11-4-2-1-3-5-11/h1-5,12-14H,6-10H2. The van der Waals surface area contributed by atoms with Gasteiger partial charge in [0.05, 0.1) is 12.7 Å². The molecule has 2 rings (SSSR count). The predicted molar refractivity (Wildman–Crippen MR) is 76.2 cm³/mol. The zero-order valence-corrected chi connectivity index (χ0v) is 12.2. The summed E-state index contributed by atoms with van der Waals surface area (Å²) in [6, 6.07) is 10.6. The maximum Gasteiger partial charge on any atom is 0.0645 e. The lowest BCUT2D eigenvalue weighted by molar-refractivity contribution is 0.0235. The second-order valence-electron chi connectivity index (χ2n) is 4.53. The Balaban J connectivity index is 2.08. The summed E-state index contributed by atoms with van der Waals surface area (Å²) in [7, 11) is 0. The minimum atomic E-state index is 0.295. The van der Waals surface area contributed by atoms with Crippen LogP contribution in [0.5, 0.6) is 0 Å². The third kappa shape index (κ3) is 3.70. The summed E-state index contributed by atoms with van der Waals surface area (Å²) in [6.07, 6.45) is 3.49. The van der Waals surface area contributed by atoms with E-state index < -0.39 is 0 Å². The molecule has 0 bridgehead atoms. The Labute approximate surface area is 117 Å². The van der Waals surface area contributed by atoms with Crippen LogP contribution >= 0.6 is 27.5 Å². The fourth-order valence-corrected chi connectivity index (χ4v) is 3.04. The number of hydrogen-bond acceptors (Lipinski definition) is 1. The highest BCUT2D eigenvalue weighted by Gasteiger charge is 2.31. The van der Waals surface area contributed by atoms with Gasteiger partial charge < -0.3 is 4.74 Å². The van der Waals surface area contributed by atoms with Crippen LogP contribution in [0, 0.1) is 0 Å². The van der Waals surface area contributed by atoms with Gasteiger partial charge in [0.1, 0.15) is 0 Å². The number of benzene rings is 1. The SMILES string of the molecule is ClC1CCC(OCCBr)C(c2ccccc2)C1. The van der Waals surface area contributed by atoms with E-state index in [1.54, 1.807) is 0 Å². The summed E-state index contributed by atoms with van der Waals surface area (Å²) in [5.74, 6) is 0.450. The van der Waals surface area contributed by atoms with Gasteiger partial charge in [0.25, 0.3) is 0 Å². The summed E-state index contributed by atoms with van der Waals surface area (Å²) < 4.78 is 5.94. The highest BCUT2D eigenvalue weighted by molar-refractivity contribution is 9.09. The first-order valence-corrected chi connectivity index (χ1v) is 7.73. The van der Waals surface area contributed by atoms with Crippen molar-refractivity contribution in [2.75, 3.05) is 11.9 Å². The molecule has 1 fully saturated rings. The molecule has 0 aromatic heterocycles. The molecule has 94 valence electrons. The summed E-state index contributed by atoms with van der Waals surface area (Å²) in [4.78, 5) is 0. The van der Waals surface area contributed by atoms with E-state index in [-0.39, 0.29) is 0 Å². The molecule has 0 radical (unpaired) electrons. The maximum atomic E-state index is 6.30. The molecule has 3 unspecified atom stereocenters. The van der Waals surface area contributed by atoms with Gasteiger partial charge in [-0.15, -0.1) is 11.6 Å². The van der Waals surface area contributed by atoms with Crippen LogP contribution in [-0.4, -0.2) is 23.4 Å². The first-order valence-electron chi connectivity index (χ1n) is 6.18. The molecule has 0 N–H and O–H groups in total. The number of ether oxygens (including phenoxy) is 1. The van der Waals surface area contributed by atoms with Crippen LogP contribution in [0.2, 0.25) is 0 Å². The minimum absolute atomic E-state index is 0.295. The zero-order valence-electron chi connectivity index (χ0n) is 9.82. The Kier molecular flexibility index (Phi) is 5.33. The van der Waals surface area contributed by atoms with Crippen molar-refractivity contribution >= 4 is 27.5 Å². The molecule has 0 aliphatic heterocycles. The second kappa shape index (κ2) is 6.77. The van der Waals surface area contributed by atoms with Crippen molar-refractivity contribution in [3.63, 3.8) is 0 Å². The van der Waals surface area contributed by atoms with Crippen LogP contribution in [0.15, 0.2) is 30.3 Å². The molecular formula is C14H18BrClO. The second-order valence-corrected chi connectivity index (χ2v) is 5.94. The fraction of sp³-hybridized carbons (Fsp3) is 0.571. The average molecular weight is 318 g/mol. The molecule has 1 saturated carbocycles. The van der Waals surface area contributed by atoms with Crippen LogP contribution in [0.4, 0.5) is 0 Å². The van der Waals surface area contributed by atoms with Gasteiger partial charge in [0.15, 0.2) is 0 Å². The molecule has 1 nitrogen and oxygen atoms in total. The number of halogens is 2. The third-order valence-corrected chi connectivity index (χ3v) is 4.08. The Morgan fingerprint density at radius 3 is 2.71 bits per heavy atom. The molecule has 3 atom stereocenters. The van der Waals surface area contributed by atoms with E-state index in [2.05, 4.69) is 46.3 Å². The topological polar surface area (TPSA) is 9.23 Å². The zero-order chi connectivity index (χ0) is 12.1. The largest absolute Gasteiger partial charge is 0.377 e. The van der Waals surface area contributed by atoms with Crippen molar-refractivity contribution in [2.45, 2.75) is 36.7 Å². The van der Waals surface area contributed by atoms with Gasteiger partial charge >= 0.3 is 0 Å². The average Bonchev–Trinajstić information content (AvgIpc) is 2.38. The third-order valence-electron chi connectivity index (χ3n) is 3.36. The van der Waals surface area contributed by atoms with Gasteiger partial charge in [0, 0.05) is 16.6 Å². The van der Waals surface area contributed by atoms with E-state index in [0.717, 1.165) is 31.2 Å². The van der Waals surface area contributed by atoms with Crippen molar-refractivity contribution in [3.05, 3.63) is 35.9 Å². The van der Waals surface area contributed by atoms with Crippen LogP contribution < -0.4 is 0 Å². The van der Waals surface area contributed by atoms with Crippen molar-refractivity contribution in [1.29, 1.82) is 0 Å². The van der Waals surface area contributed by atoms with Crippen LogP contribution in [0.1, 0.15) is 30.7 Å². The van der Waals surface area contributed by atoms with Crippen molar-refractivity contribution in [2.24, 2.45) is 0 Å². The summed E-state index contributed by atoms with van der Waals surface area (Å²) in [6.45, 7) is 0.779. The van der Waals surface area contributed by atoms with Gasteiger partial charge in [0.2, 0.25) is 0 Å². The lowest BCUT2D eigenvalue weighted by Gasteiger charge is -2.34. The molecular weight excluding hydrogens is 300 g/mol. The number of alkyl halides is 2. The lowest BCUT2D eigenvalue weighted by atomic mass is 9.81. The molecule has 17 heavy (non-hydrogen) atoms. The van der Waals surface area contributed by atoms with E-state index in [1.165, 1.54) is 5.56 Å². The van der Waals surface area contributed by atoms with Crippen molar-refractivity contribution < 1.29 is 4.74 Å². The first kappa shape index (κ1) is 13.4. The lowest BCUT2D eigenvalue weighted by Crippen LogP contribution is -2.31. The fourth-order valence-electron chi connectivity index (χ4n) is 2.54. The monoisotopic (exact) mass is 316 g/mol. The highest BCUT2D eigenvalue weighted by atomic mass is 79.9. The molecule has 1 aliphatic rings. The molecule has 1 aliphatic carbocycles. The molecule has 0 saturated heterocycles. The van der Waals surface area contributed by atoms with Crippen LogP contribution in [0.25, 0.3) is 0 Å². The molecule has 1 aromatic rings. The van der Waals surface area contributed by atoms with E-state index in [4.69, 9.17) is 16.3 Å². The molecule has 3 heteroatoms. The molecule has 0 heterocycles. The number of hydrogen-bond donors (Lipinski definition) is 0. The van der Waals surface area contributed by atoms with Gasteiger partial charge in [-0.25, -0.2) is 0 Å². The smallest absolute Gasteiger partial charge is 0.0645 e. The molecule has 1 aromatic carbocycles. The number of rotatable bonds is 4. The van der Waals surface area contributed by atoms with Gasteiger partial charge in [-0.3, -0.25) is 0 Å². The first-order chi connectivity index (χ1) is 8.31. The van der Waals surface area contributed by atoms with Gasteiger partial charge in [-0.05, 0) is 24.8 Å². The van der Waals surface area contributed by atoms with Crippen LogP contribution in [0.3, 0.4) is 0 Å². The van der Waals surface area contributed by atoms with E-state index >= 15 is 0 Å². The Morgan fingerprint density at radius 2 is 2.00 bits per heavy atom. The predicted octanol–water partition coefficient (Wildman–Crippen LogP) is 4.34. The van der Waals surface area contributed by atoms with Gasteiger partial charge in [-0.2, -0.15) is 0 Å². The minimum Gasteiger partial charge on any atom is -0.377 e. The molecule has 0 amide bonds. The van der Waals surface area contributed by atoms with Crippen molar-refractivity contribution in [3.8, 4) is 0 Å². The van der Waals surface area contributed by atoms with E-state index in [1.807, 2.05) is 0 Å². The Bertz CT molecular complexity index is 328. The van der Waals surface area contributed by atoms with Gasteiger partial charge in [-0.1, -0.05) is 46.3 Å². The van der Waals surface area contributed by atoms with E-state index in [0.29, 0.717) is 17.4 Å². The Morgan fingerprint density at radius 1 is 1.24 bits per heavy atom. The summed E-state index contributed by atoms with van der Waals surface area (Å²) in [5, 5.41) is 1.19. The quantitative estimate of drug-likeness (QED) is 0.751. The molecule has 0 spiro atoms. The highest BCUT2D eigenvalue weighted by Crippen LogP contribution is 2.37. The van der Waals surface area contributed by atoms with Crippen molar-refractivity contribution in [1.82, 2.24) is 0 Å². The van der Waals surface area contributed by atoms with Crippen LogP contribution in [-0.2, 0) is 4.74 Å². The maximum absolute atomic E-state index is 6.30. The Hall–Kier alpha value is -0.0500.